The molecule has 1 N–H and O–H groups in total. The highest BCUT2D eigenvalue weighted by molar-refractivity contribution is 5.75. The molecule has 0 atom stereocenters. The number of esters is 1. The van der Waals surface area contributed by atoms with Crippen LogP contribution in [-0.2, 0) is 9.53 Å². The van der Waals surface area contributed by atoms with Crippen LogP contribution in [0.4, 0.5) is 11.4 Å². The summed E-state index contributed by atoms with van der Waals surface area (Å²) in [4.78, 5) is 21.3. The molecule has 7 nitrogen and oxygen atoms in total. The van der Waals surface area contributed by atoms with Gasteiger partial charge < -0.3 is 14.8 Å². The Labute approximate surface area is 104 Å². The van der Waals surface area contributed by atoms with Crippen LogP contribution in [0.25, 0.3) is 0 Å². The van der Waals surface area contributed by atoms with E-state index < -0.39 is 10.9 Å². The highest BCUT2D eigenvalue weighted by Gasteiger charge is 2.11. The molecule has 0 aliphatic rings. The molecule has 7 heteroatoms. The van der Waals surface area contributed by atoms with Crippen molar-refractivity contribution in [3.05, 3.63) is 28.3 Å². The number of carbonyl (C=O) groups excluding carboxylic acids is 1. The van der Waals surface area contributed by atoms with E-state index >= 15 is 0 Å². The molecule has 1 aromatic carbocycles. The molecule has 0 bridgehead atoms. The number of non-ortho nitro benzene ring substituents is 1. The number of nitro benzene ring substituents is 1. The number of ether oxygens (including phenoxy) is 2. The zero-order chi connectivity index (χ0) is 13.5. The van der Waals surface area contributed by atoms with Gasteiger partial charge in [0.25, 0.3) is 5.69 Å². The van der Waals surface area contributed by atoms with Crippen LogP contribution >= 0.6 is 0 Å². The van der Waals surface area contributed by atoms with E-state index in [9.17, 15) is 14.9 Å². The molecule has 0 saturated heterocycles. The largest absolute Gasteiger partial charge is 0.496 e. The lowest BCUT2D eigenvalue weighted by Gasteiger charge is -2.07. The van der Waals surface area contributed by atoms with Gasteiger partial charge in [-0.2, -0.15) is 0 Å². The van der Waals surface area contributed by atoms with E-state index in [-0.39, 0.29) is 12.2 Å². The van der Waals surface area contributed by atoms with Crippen molar-refractivity contribution < 1.29 is 19.2 Å². The second kappa shape index (κ2) is 6.43. The molecule has 0 spiro atoms. The van der Waals surface area contributed by atoms with E-state index in [0.29, 0.717) is 18.0 Å². The van der Waals surface area contributed by atoms with Gasteiger partial charge in [-0.25, -0.2) is 0 Å². The highest BCUT2D eigenvalue weighted by Crippen LogP contribution is 2.25. The van der Waals surface area contributed by atoms with Gasteiger partial charge >= 0.3 is 5.97 Å². The molecular formula is C11H14N2O5. The quantitative estimate of drug-likeness (QED) is 0.471. The Balaban J connectivity index is 2.78. The number of nitrogens with one attached hydrogen (secondary N) is 1. The van der Waals surface area contributed by atoms with E-state index in [1.165, 1.54) is 19.2 Å². The fourth-order valence-electron chi connectivity index (χ4n) is 1.29. The van der Waals surface area contributed by atoms with Crippen molar-refractivity contribution in [2.75, 3.05) is 25.6 Å². The van der Waals surface area contributed by atoms with Crippen LogP contribution in [0, 0.1) is 10.1 Å². The summed E-state index contributed by atoms with van der Waals surface area (Å²) in [6.07, 6.45) is 0. The first-order valence-corrected chi connectivity index (χ1v) is 5.29. The third-order valence-corrected chi connectivity index (χ3v) is 2.08. The second-order valence-corrected chi connectivity index (χ2v) is 3.34. The summed E-state index contributed by atoms with van der Waals surface area (Å²) in [5.41, 5.74) is 0.315. The molecule has 0 aliphatic carbocycles. The zero-order valence-corrected chi connectivity index (χ0v) is 10.1. The van der Waals surface area contributed by atoms with E-state index in [1.807, 2.05) is 0 Å². The standard InChI is InChI=1S/C11H14N2O5/c1-3-18-11(14)7-12-8-4-9(13(15)16)6-10(5-8)17-2/h4-6,12H,3,7H2,1-2H3. The van der Waals surface area contributed by atoms with Gasteiger partial charge in [0.2, 0.25) is 0 Å². The Morgan fingerprint density at radius 2 is 2.17 bits per heavy atom. The maximum atomic E-state index is 11.1. The molecule has 0 fully saturated rings. The third kappa shape index (κ3) is 3.93. The molecule has 0 saturated carbocycles. The number of methoxy groups -OCH3 is 1. The van der Waals surface area contributed by atoms with Crippen molar-refractivity contribution in [3.63, 3.8) is 0 Å². The fourth-order valence-corrected chi connectivity index (χ4v) is 1.29. The molecule has 18 heavy (non-hydrogen) atoms. The number of carbonyl (C=O) groups is 1. The maximum absolute atomic E-state index is 11.1. The van der Waals surface area contributed by atoms with Gasteiger partial charge in [0, 0.05) is 17.8 Å². The Morgan fingerprint density at radius 1 is 1.44 bits per heavy atom. The Morgan fingerprint density at radius 3 is 2.72 bits per heavy atom. The molecular weight excluding hydrogens is 240 g/mol. The maximum Gasteiger partial charge on any atom is 0.325 e. The van der Waals surface area contributed by atoms with E-state index in [1.54, 1.807) is 13.0 Å². The van der Waals surface area contributed by atoms with Gasteiger partial charge in [-0.3, -0.25) is 14.9 Å². The van der Waals surface area contributed by atoms with Gasteiger partial charge in [0.15, 0.2) is 0 Å². The van der Waals surface area contributed by atoms with Crippen molar-refractivity contribution in [1.82, 2.24) is 0 Å². The van der Waals surface area contributed by atoms with Gasteiger partial charge in [0.05, 0.1) is 24.7 Å². The van der Waals surface area contributed by atoms with Crippen LogP contribution in [-0.4, -0.2) is 31.2 Å². The Kier molecular flexibility index (Phi) is 4.91. The summed E-state index contributed by atoms with van der Waals surface area (Å²) in [6.45, 7) is 1.94. The second-order valence-electron chi connectivity index (χ2n) is 3.34. The Hall–Kier alpha value is -2.31. The van der Waals surface area contributed by atoms with Crippen LogP contribution in [0.15, 0.2) is 18.2 Å². The lowest BCUT2D eigenvalue weighted by atomic mass is 10.2. The SMILES string of the molecule is CCOC(=O)CNc1cc(OC)cc([N+](=O)[O-])c1. The van der Waals surface area contributed by atoms with Crippen molar-refractivity contribution in [3.8, 4) is 5.75 Å². The predicted molar refractivity (Wildman–Crippen MR) is 64.8 cm³/mol. The summed E-state index contributed by atoms with van der Waals surface area (Å²) in [5.74, 6) is -0.0847. The summed E-state index contributed by atoms with van der Waals surface area (Å²) in [6, 6.07) is 4.18. The summed E-state index contributed by atoms with van der Waals surface area (Å²) in [5, 5.41) is 13.4. The topological polar surface area (TPSA) is 90.7 Å². The monoisotopic (exact) mass is 254 g/mol. The fraction of sp³-hybridized carbons (Fsp3) is 0.364. The number of rotatable bonds is 6. The molecule has 0 aromatic heterocycles. The van der Waals surface area contributed by atoms with Crippen LogP contribution in [0.2, 0.25) is 0 Å². The number of nitrogens with zero attached hydrogens (tertiary/aromatic N) is 1. The zero-order valence-electron chi connectivity index (χ0n) is 10.1. The minimum absolute atomic E-state index is 0.0574. The first-order chi connectivity index (χ1) is 8.56. The molecule has 1 aromatic rings. The molecule has 0 amide bonds. The first kappa shape index (κ1) is 13.8. The van der Waals surface area contributed by atoms with E-state index in [2.05, 4.69) is 5.32 Å². The van der Waals surface area contributed by atoms with Gasteiger partial charge in [0.1, 0.15) is 12.3 Å². The number of nitro groups is 1. The minimum atomic E-state index is -0.530. The highest BCUT2D eigenvalue weighted by atomic mass is 16.6. The number of hydrogen-bond donors (Lipinski definition) is 1. The van der Waals surface area contributed by atoms with Crippen molar-refractivity contribution in [2.24, 2.45) is 0 Å². The predicted octanol–water partition coefficient (Wildman–Crippen LogP) is 1.58. The number of anilines is 1. The third-order valence-electron chi connectivity index (χ3n) is 2.08. The van der Waals surface area contributed by atoms with Crippen molar-refractivity contribution in [2.45, 2.75) is 6.92 Å². The minimum Gasteiger partial charge on any atom is -0.496 e. The Bertz CT molecular complexity index is 447. The average molecular weight is 254 g/mol. The lowest BCUT2D eigenvalue weighted by Crippen LogP contribution is -2.16. The average Bonchev–Trinajstić information content (AvgIpc) is 2.36. The van der Waals surface area contributed by atoms with E-state index in [4.69, 9.17) is 9.47 Å². The normalized spacial score (nSPS) is 9.67. The smallest absolute Gasteiger partial charge is 0.325 e. The molecule has 0 heterocycles. The van der Waals surface area contributed by atoms with E-state index in [0.717, 1.165) is 0 Å². The lowest BCUT2D eigenvalue weighted by molar-refractivity contribution is -0.384. The van der Waals surface area contributed by atoms with Crippen molar-refractivity contribution in [1.29, 1.82) is 0 Å². The molecule has 0 unspecified atom stereocenters. The number of hydrogen-bond acceptors (Lipinski definition) is 6. The molecule has 0 radical (unpaired) electrons. The number of benzene rings is 1. The summed E-state index contributed by atoms with van der Waals surface area (Å²) < 4.78 is 9.67. The van der Waals surface area contributed by atoms with Crippen molar-refractivity contribution >= 4 is 17.3 Å². The molecule has 0 aliphatic heterocycles. The van der Waals surface area contributed by atoms with Gasteiger partial charge in [-0.1, -0.05) is 0 Å². The van der Waals surface area contributed by atoms with Gasteiger partial charge in [-0.05, 0) is 6.92 Å². The first-order valence-electron chi connectivity index (χ1n) is 5.29. The molecule has 1 rings (SSSR count). The molecule has 98 valence electrons. The van der Waals surface area contributed by atoms with Crippen LogP contribution in [0.5, 0.6) is 5.75 Å². The van der Waals surface area contributed by atoms with Crippen LogP contribution in [0.3, 0.4) is 0 Å². The summed E-state index contributed by atoms with van der Waals surface area (Å²) in [7, 11) is 1.41. The van der Waals surface area contributed by atoms with Crippen LogP contribution in [0.1, 0.15) is 6.92 Å². The van der Waals surface area contributed by atoms with Gasteiger partial charge in [-0.15, -0.1) is 0 Å². The summed E-state index contributed by atoms with van der Waals surface area (Å²) >= 11 is 0. The van der Waals surface area contributed by atoms with Crippen LogP contribution < -0.4 is 10.1 Å².